The topological polar surface area (TPSA) is 143 Å². The number of unbranched alkanes of at least 4 members (excludes halogenated alkanes) is 1. The predicted octanol–water partition coefficient (Wildman–Crippen LogP) is 4.16. The van der Waals surface area contributed by atoms with Crippen molar-refractivity contribution < 1.29 is 14.4 Å². The van der Waals surface area contributed by atoms with E-state index < -0.39 is 0 Å². The summed E-state index contributed by atoms with van der Waals surface area (Å²) in [7, 11) is 0. The fourth-order valence-corrected chi connectivity index (χ4v) is 7.67. The van der Waals surface area contributed by atoms with Gasteiger partial charge in [0.2, 0.25) is 11.8 Å². The Morgan fingerprint density at radius 3 is 2.31 bits per heavy atom. The van der Waals surface area contributed by atoms with Crippen molar-refractivity contribution in [2.45, 2.75) is 56.0 Å². The van der Waals surface area contributed by atoms with Crippen molar-refractivity contribution in [3.05, 3.63) is 65.7 Å². The molecule has 4 heterocycles. The Morgan fingerprint density at radius 2 is 1.58 bits per heavy atom. The lowest BCUT2D eigenvalue weighted by atomic mass is 10.0. The van der Waals surface area contributed by atoms with E-state index in [4.69, 9.17) is 16.7 Å². The van der Waals surface area contributed by atoms with Crippen LogP contribution in [0.3, 0.4) is 0 Å². The molecule has 2 fully saturated rings. The second-order valence-electron chi connectivity index (χ2n) is 11.2. The summed E-state index contributed by atoms with van der Waals surface area (Å²) in [6.45, 7) is 0.840. The number of carbonyl (C=O) groups is 3. The first-order valence-electron chi connectivity index (χ1n) is 15.2. The van der Waals surface area contributed by atoms with E-state index in [2.05, 4.69) is 31.5 Å². The molecule has 4 amide bonds. The Balaban J connectivity index is 0.974. The zero-order valence-electron chi connectivity index (χ0n) is 24.7. The van der Waals surface area contributed by atoms with Crippen LogP contribution in [0.2, 0.25) is 5.02 Å². The van der Waals surface area contributed by atoms with Crippen LogP contribution < -0.4 is 21.3 Å². The normalized spacial score (nSPS) is 18.8. The number of nitrogens with one attached hydrogen (secondary N) is 4. The molecule has 0 saturated carbocycles. The van der Waals surface area contributed by atoms with Crippen molar-refractivity contribution in [2.24, 2.45) is 0 Å². The van der Waals surface area contributed by atoms with Gasteiger partial charge in [-0.3, -0.25) is 9.59 Å². The second-order valence-corrected chi connectivity index (χ2v) is 12.9. The molecule has 2 aliphatic rings. The summed E-state index contributed by atoms with van der Waals surface area (Å²) in [6, 6.07) is 19.6. The van der Waals surface area contributed by atoms with Crippen LogP contribution in [0.15, 0.2) is 60.7 Å². The van der Waals surface area contributed by atoms with Crippen LogP contribution in [0.25, 0.3) is 33.5 Å². The zero-order chi connectivity index (χ0) is 31.2. The standard InChI is InChI=1S/C32H35ClN8O3S/c33-27-26-28(20-10-3-1-4-11-20)40-41(31(26)39-38-29(27)21-12-5-2-6-13-21)18-25(43)35-17-9-16-34-24(42)15-8-7-14-23-30-22(19-45-23)36-32(44)37-30/h1-6,10-13,22-23,30H,7-9,14-19H2,(H,34,42)(H,35,43)(H2,36,37,44)/t22?,23-,30?/m0/s1. The molecule has 0 spiro atoms. The van der Waals surface area contributed by atoms with E-state index in [0.717, 1.165) is 36.1 Å². The first-order valence-corrected chi connectivity index (χ1v) is 16.7. The summed E-state index contributed by atoms with van der Waals surface area (Å²) >= 11 is 8.80. The van der Waals surface area contributed by atoms with E-state index in [1.54, 1.807) is 0 Å². The van der Waals surface area contributed by atoms with E-state index in [-0.39, 0.29) is 36.5 Å². The highest BCUT2D eigenvalue weighted by molar-refractivity contribution is 8.00. The molecule has 2 unspecified atom stereocenters. The third kappa shape index (κ3) is 7.23. The molecule has 234 valence electrons. The summed E-state index contributed by atoms with van der Waals surface area (Å²) in [5.41, 5.74) is 3.31. The molecule has 6 rings (SSSR count). The average molecular weight is 647 g/mol. The molecule has 2 aliphatic heterocycles. The fourth-order valence-electron chi connectivity index (χ4n) is 5.80. The van der Waals surface area contributed by atoms with Gasteiger partial charge in [-0.2, -0.15) is 16.9 Å². The SMILES string of the molecule is O=C(CCCC[C@@H]1SCC2NC(=O)NC21)NCCCNC(=O)Cn1nc(-c2ccccc2)c2c(Cl)c(-c3ccccc3)nnc21. The number of nitrogens with zero attached hydrogens (tertiary/aromatic N) is 4. The third-order valence-electron chi connectivity index (χ3n) is 8.06. The molecule has 2 aromatic carbocycles. The molecule has 3 atom stereocenters. The minimum absolute atomic E-state index is 0.0101. The van der Waals surface area contributed by atoms with E-state index >= 15 is 0 Å². The first kappa shape index (κ1) is 30.8. The molecule has 11 nitrogen and oxygen atoms in total. The number of hydrogen-bond acceptors (Lipinski definition) is 7. The van der Waals surface area contributed by atoms with Gasteiger partial charge in [-0.25, -0.2) is 9.48 Å². The first-order chi connectivity index (χ1) is 22.0. The molecular formula is C32H35ClN8O3S. The lowest BCUT2D eigenvalue weighted by Crippen LogP contribution is -2.36. The largest absolute Gasteiger partial charge is 0.356 e. The fraction of sp³-hybridized carbons (Fsp3) is 0.375. The smallest absolute Gasteiger partial charge is 0.315 e. The number of halogens is 1. The molecule has 0 radical (unpaired) electrons. The van der Waals surface area contributed by atoms with Crippen molar-refractivity contribution in [1.82, 2.24) is 41.2 Å². The molecule has 4 aromatic rings. The Hall–Kier alpha value is -4.16. The minimum atomic E-state index is -0.226. The third-order valence-corrected chi connectivity index (χ3v) is 9.94. The average Bonchev–Trinajstić information content (AvgIpc) is 3.73. The summed E-state index contributed by atoms with van der Waals surface area (Å²) < 4.78 is 1.53. The van der Waals surface area contributed by atoms with Crippen molar-refractivity contribution in [2.75, 3.05) is 18.8 Å². The van der Waals surface area contributed by atoms with Crippen molar-refractivity contribution >= 4 is 52.2 Å². The summed E-state index contributed by atoms with van der Waals surface area (Å²) in [4.78, 5) is 36.7. The van der Waals surface area contributed by atoms with Gasteiger partial charge in [0.25, 0.3) is 0 Å². The molecule has 45 heavy (non-hydrogen) atoms. The van der Waals surface area contributed by atoms with E-state index in [1.165, 1.54) is 4.68 Å². The van der Waals surface area contributed by atoms with Crippen LogP contribution in [-0.4, -0.2) is 74.0 Å². The lowest BCUT2D eigenvalue weighted by molar-refractivity contribution is -0.121. The van der Waals surface area contributed by atoms with Gasteiger partial charge in [-0.1, -0.05) is 78.7 Å². The van der Waals surface area contributed by atoms with Gasteiger partial charge >= 0.3 is 6.03 Å². The Kier molecular flexibility index (Phi) is 9.80. The number of aromatic nitrogens is 4. The van der Waals surface area contributed by atoms with Crippen molar-refractivity contribution in [3.8, 4) is 22.5 Å². The molecule has 13 heteroatoms. The molecular weight excluding hydrogens is 612 g/mol. The van der Waals surface area contributed by atoms with Crippen LogP contribution in [0, 0.1) is 0 Å². The van der Waals surface area contributed by atoms with Gasteiger partial charge in [0, 0.05) is 41.6 Å². The van der Waals surface area contributed by atoms with Gasteiger partial charge in [0.05, 0.1) is 22.5 Å². The van der Waals surface area contributed by atoms with Gasteiger partial charge in [-0.15, -0.1) is 10.2 Å². The Bertz CT molecular complexity index is 1670. The second kappa shape index (κ2) is 14.3. The Morgan fingerprint density at radius 1 is 0.889 bits per heavy atom. The molecule has 2 aromatic heterocycles. The highest BCUT2D eigenvalue weighted by Crippen LogP contribution is 2.37. The lowest BCUT2D eigenvalue weighted by Gasteiger charge is -2.16. The highest BCUT2D eigenvalue weighted by atomic mass is 35.5. The number of carbonyl (C=O) groups excluding carboxylic acids is 3. The van der Waals surface area contributed by atoms with Crippen LogP contribution in [0.5, 0.6) is 0 Å². The number of benzene rings is 2. The number of rotatable bonds is 13. The van der Waals surface area contributed by atoms with Crippen molar-refractivity contribution in [3.63, 3.8) is 0 Å². The molecule has 4 N–H and O–H groups in total. The quantitative estimate of drug-likeness (QED) is 0.126. The maximum Gasteiger partial charge on any atom is 0.315 e. The van der Waals surface area contributed by atoms with Crippen LogP contribution in [0.1, 0.15) is 32.1 Å². The number of amides is 4. The number of fused-ring (bicyclic) bond motifs is 2. The maximum absolute atomic E-state index is 12.9. The summed E-state index contributed by atoms with van der Waals surface area (Å²) in [5, 5.41) is 26.8. The molecule has 2 saturated heterocycles. The zero-order valence-corrected chi connectivity index (χ0v) is 26.2. The van der Waals surface area contributed by atoms with Gasteiger partial charge in [0.15, 0.2) is 5.65 Å². The number of urea groups is 1. The van der Waals surface area contributed by atoms with Gasteiger partial charge in [-0.05, 0) is 19.3 Å². The molecule has 0 aliphatic carbocycles. The number of thioether (sulfide) groups is 1. The van der Waals surface area contributed by atoms with Crippen LogP contribution in [0.4, 0.5) is 4.79 Å². The highest BCUT2D eigenvalue weighted by Gasteiger charge is 2.42. The predicted molar refractivity (Wildman–Crippen MR) is 176 cm³/mol. The van der Waals surface area contributed by atoms with Crippen molar-refractivity contribution in [1.29, 1.82) is 0 Å². The maximum atomic E-state index is 12.9. The van der Waals surface area contributed by atoms with Gasteiger partial charge < -0.3 is 21.3 Å². The Labute approximate surface area is 270 Å². The number of hydrogen-bond donors (Lipinski definition) is 4. The van der Waals surface area contributed by atoms with E-state index in [0.29, 0.717) is 58.6 Å². The minimum Gasteiger partial charge on any atom is -0.356 e. The van der Waals surface area contributed by atoms with Gasteiger partial charge in [0.1, 0.15) is 17.9 Å². The van der Waals surface area contributed by atoms with E-state index in [9.17, 15) is 14.4 Å². The van der Waals surface area contributed by atoms with Crippen LogP contribution in [-0.2, 0) is 16.1 Å². The monoisotopic (exact) mass is 646 g/mol. The van der Waals surface area contributed by atoms with Crippen LogP contribution >= 0.6 is 23.4 Å². The summed E-state index contributed by atoms with van der Waals surface area (Å²) in [5.74, 6) is 0.725. The summed E-state index contributed by atoms with van der Waals surface area (Å²) in [6.07, 6.45) is 3.80. The van der Waals surface area contributed by atoms with E-state index in [1.807, 2.05) is 72.4 Å². The molecule has 0 bridgehead atoms.